The first-order valence-corrected chi connectivity index (χ1v) is 9.51. The van der Waals surface area contributed by atoms with Crippen LogP contribution in [0.2, 0.25) is 5.02 Å². The molecule has 0 aliphatic carbocycles. The first kappa shape index (κ1) is 21.8. The molecule has 4 rings (SSSR count). The van der Waals surface area contributed by atoms with Gasteiger partial charge in [-0.25, -0.2) is 18.9 Å². The Morgan fingerprint density at radius 3 is 2.62 bits per heavy atom. The van der Waals surface area contributed by atoms with Crippen LogP contribution in [0.1, 0.15) is 18.2 Å². The summed E-state index contributed by atoms with van der Waals surface area (Å²) in [7, 11) is 0. The van der Waals surface area contributed by atoms with Gasteiger partial charge in [-0.05, 0) is 19.1 Å². The number of anilines is 1. The molecule has 0 spiro atoms. The number of fused-ring (bicyclic) bond motifs is 3. The van der Waals surface area contributed by atoms with Crippen molar-refractivity contribution in [2.24, 2.45) is 0 Å². The molecule has 8 nitrogen and oxygen atoms in total. The summed E-state index contributed by atoms with van der Waals surface area (Å²) in [6.07, 6.45) is -4.01. The van der Waals surface area contributed by atoms with Crippen molar-refractivity contribution < 1.29 is 32.6 Å². The average molecular weight is 472 g/mol. The van der Waals surface area contributed by atoms with Gasteiger partial charge in [-0.2, -0.15) is 18.3 Å². The van der Waals surface area contributed by atoms with Crippen LogP contribution >= 0.6 is 11.6 Å². The van der Waals surface area contributed by atoms with Gasteiger partial charge < -0.3 is 15.2 Å². The second-order valence-corrected chi connectivity index (χ2v) is 7.19. The third-order valence-corrected chi connectivity index (χ3v) is 5.17. The van der Waals surface area contributed by atoms with E-state index in [1.807, 2.05) is 0 Å². The highest BCUT2D eigenvalue weighted by Crippen LogP contribution is 2.39. The van der Waals surface area contributed by atoms with Gasteiger partial charge in [-0.1, -0.05) is 11.6 Å². The van der Waals surface area contributed by atoms with Gasteiger partial charge in [0, 0.05) is 23.7 Å². The molecule has 0 unspecified atom stereocenters. The van der Waals surface area contributed by atoms with E-state index in [-0.39, 0.29) is 44.9 Å². The minimum atomic E-state index is -4.83. The van der Waals surface area contributed by atoms with E-state index < -0.39 is 36.0 Å². The van der Waals surface area contributed by atoms with Crippen LogP contribution in [0.5, 0.6) is 0 Å². The van der Waals surface area contributed by atoms with Crippen molar-refractivity contribution in [2.45, 2.75) is 19.7 Å². The predicted molar refractivity (Wildman–Crippen MR) is 108 cm³/mol. The first-order chi connectivity index (χ1) is 15.1. The van der Waals surface area contributed by atoms with E-state index in [1.54, 1.807) is 6.92 Å². The number of H-pyrrole nitrogens is 1. The average Bonchev–Trinajstić information content (AvgIpc) is 3.30. The highest BCUT2D eigenvalue weighted by atomic mass is 35.5. The lowest BCUT2D eigenvalue weighted by molar-refractivity contribution is -0.142. The van der Waals surface area contributed by atoms with Crippen LogP contribution in [-0.4, -0.2) is 42.6 Å². The quantitative estimate of drug-likeness (QED) is 0.374. The van der Waals surface area contributed by atoms with Gasteiger partial charge >= 0.3 is 12.3 Å². The molecular formula is C19H14ClF4N5O3. The predicted octanol–water partition coefficient (Wildman–Crippen LogP) is 4.71. The van der Waals surface area contributed by atoms with Crippen molar-refractivity contribution in [2.75, 3.05) is 11.4 Å². The number of hydrogen-bond donors (Lipinski definition) is 3. The van der Waals surface area contributed by atoms with Gasteiger partial charge in [-0.3, -0.25) is 4.90 Å². The van der Waals surface area contributed by atoms with Gasteiger partial charge in [0.15, 0.2) is 5.69 Å². The van der Waals surface area contributed by atoms with Gasteiger partial charge in [0.2, 0.25) is 0 Å². The standard InChI is InChI=1S/C19H14ClF4N5O3/c1-2-28(18(31)32)12-4-9(21)3-10-13-15(11(20)5-25-17(13)26-14(10)12)29-6-8(7-30)16(27-29)19(22,23)24/h3-6,30H,2,7H2,1H3,(H,25,26)(H,31,32). The van der Waals surface area contributed by atoms with Crippen molar-refractivity contribution in [1.82, 2.24) is 19.7 Å². The third kappa shape index (κ3) is 3.41. The molecular weight excluding hydrogens is 458 g/mol. The Morgan fingerprint density at radius 1 is 1.34 bits per heavy atom. The monoisotopic (exact) mass is 471 g/mol. The number of nitrogens with one attached hydrogen (secondary N) is 1. The maximum atomic E-state index is 14.5. The molecule has 0 aliphatic heterocycles. The number of hydrogen-bond acceptors (Lipinski definition) is 4. The van der Waals surface area contributed by atoms with E-state index in [0.717, 1.165) is 27.9 Å². The summed E-state index contributed by atoms with van der Waals surface area (Å²) < 4.78 is 55.3. The number of aliphatic hydroxyl groups is 1. The molecule has 0 saturated carbocycles. The molecule has 0 aliphatic rings. The molecule has 168 valence electrons. The Kier molecular flexibility index (Phi) is 5.21. The fourth-order valence-corrected chi connectivity index (χ4v) is 3.82. The second kappa shape index (κ2) is 7.64. The Morgan fingerprint density at radius 2 is 2.06 bits per heavy atom. The van der Waals surface area contributed by atoms with E-state index in [2.05, 4.69) is 15.1 Å². The minimum Gasteiger partial charge on any atom is -0.465 e. The summed E-state index contributed by atoms with van der Waals surface area (Å²) in [6, 6.07) is 2.12. The fraction of sp³-hybridized carbons (Fsp3) is 0.211. The normalized spacial score (nSPS) is 12.1. The van der Waals surface area contributed by atoms with Gasteiger partial charge in [0.1, 0.15) is 11.5 Å². The van der Waals surface area contributed by atoms with E-state index in [0.29, 0.717) is 0 Å². The number of aromatic amines is 1. The Labute approximate surface area is 181 Å². The number of aromatic nitrogens is 4. The summed E-state index contributed by atoms with van der Waals surface area (Å²) in [4.78, 5) is 19.5. The molecule has 4 aromatic rings. The van der Waals surface area contributed by atoms with Crippen LogP contribution in [-0.2, 0) is 12.8 Å². The molecule has 3 N–H and O–H groups in total. The maximum Gasteiger partial charge on any atom is 0.435 e. The maximum absolute atomic E-state index is 14.5. The van der Waals surface area contributed by atoms with Crippen LogP contribution in [0.15, 0.2) is 24.5 Å². The van der Waals surface area contributed by atoms with E-state index >= 15 is 0 Å². The third-order valence-electron chi connectivity index (χ3n) is 4.90. The van der Waals surface area contributed by atoms with Crippen LogP contribution in [0, 0.1) is 5.82 Å². The van der Waals surface area contributed by atoms with Crippen molar-refractivity contribution in [3.63, 3.8) is 0 Å². The molecule has 1 amide bonds. The molecule has 0 saturated heterocycles. The Hall–Kier alpha value is -3.38. The lowest BCUT2D eigenvalue weighted by Gasteiger charge is -2.18. The van der Waals surface area contributed by atoms with Gasteiger partial charge in [0.05, 0.1) is 40.1 Å². The number of rotatable bonds is 4. The Balaban J connectivity index is 2.09. The number of benzene rings is 1. The number of pyridine rings is 1. The molecule has 0 bridgehead atoms. The van der Waals surface area contributed by atoms with E-state index in [1.165, 1.54) is 6.20 Å². The van der Waals surface area contributed by atoms with Crippen LogP contribution in [0.25, 0.3) is 27.6 Å². The van der Waals surface area contributed by atoms with Crippen LogP contribution in [0.4, 0.5) is 28.0 Å². The highest BCUT2D eigenvalue weighted by Gasteiger charge is 2.37. The number of amides is 1. The number of aliphatic hydroxyl groups excluding tert-OH is 1. The molecule has 1 aromatic carbocycles. The zero-order valence-electron chi connectivity index (χ0n) is 16.2. The number of carbonyl (C=O) groups is 1. The zero-order chi connectivity index (χ0) is 23.4. The topological polar surface area (TPSA) is 107 Å². The van der Waals surface area contributed by atoms with Crippen LogP contribution in [0.3, 0.4) is 0 Å². The van der Waals surface area contributed by atoms with Gasteiger partial charge in [-0.15, -0.1) is 0 Å². The largest absolute Gasteiger partial charge is 0.465 e. The molecule has 0 atom stereocenters. The SMILES string of the molecule is CCN(C(=O)O)c1cc(F)cc2c1[nH]c1ncc(Cl)c(-n3cc(CO)c(C(F)(F)F)n3)c12. The molecule has 0 radical (unpaired) electrons. The minimum absolute atomic E-state index is 0.00238. The van der Waals surface area contributed by atoms with Crippen molar-refractivity contribution in [3.8, 4) is 5.69 Å². The zero-order valence-corrected chi connectivity index (χ0v) is 17.0. The molecule has 3 heterocycles. The molecule has 13 heteroatoms. The van der Waals surface area contributed by atoms with E-state index in [9.17, 15) is 32.6 Å². The smallest absolute Gasteiger partial charge is 0.435 e. The highest BCUT2D eigenvalue weighted by molar-refractivity contribution is 6.34. The number of carboxylic acid groups (broad SMARTS) is 1. The summed E-state index contributed by atoms with van der Waals surface area (Å²) in [5, 5.41) is 22.6. The fourth-order valence-electron chi connectivity index (χ4n) is 3.59. The van der Waals surface area contributed by atoms with Crippen molar-refractivity contribution in [1.29, 1.82) is 0 Å². The summed E-state index contributed by atoms with van der Waals surface area (Å²) in [5.74, 6) is -0.772. The summed E-state index contributed by atoms with van der Waals surface area (Å²) in [5.41, 5.74) is -1.48. The first-order valence-electron chi connectivity index (χ1n) is 9.13. The van der Waals surface area contributed by atoms with Gasteiger partial charge in [0.25, 0.3) is 0 Å². The van der Waals surface area contributed by atoms with Crippen molar-refractivity contribution >= 4 is 45.3 Å². The van der Waals surface area contributed by atoms with Crippen molar-refractivity contribution in [3.05, 3.63) is 46.6 Å². The summed E-state index contributed by atoms with van der Waals surface area (Å²) >= 11 is 6.25. The molecule has 32 heavy (non-hydrogen) atoms. The lowest BCUT2D eigenvalue weighted by atomic mass is 10.1. The number of halogens is 5. The number of nitrogens with zero attached hydrogens (tertiary/aromatic N) is 4. The van der Waals surface area contributed by atoms with Crippen LogP contribution < -0.4 is 4.90 Å². The van der Waals surface area contributed by atoms with E-state index in [4.69, 9.17) is 11.6 Å². The molecule has 0 fully saturated rings. The number of alkyl halides is 3. The summed E-state index contributed by atoms with van der Waals surface area (Å²) in [6.45, 7) is 0.655. The second-order valence-electron chi connectivity index (χ2n) is 6.78. The lowest BCUT2D eigenvalue weighted by Crippen LogP contribution is -2.29. The Bertz CT molecular complexity index is 1360. The molecule has 3 aromatic heterocycles.